The molecule has 0 aliphatic rings. The molecule has 0 radical (unpaired) electrons. The standard InChI is InChI=1S/C23H20Cl3NO4/c1-3-30-10-11-31-22-19(23(28)29-2)13-18(14-4-6-15(24)7-5-14)21(27-22)17-9-8-16(25)12-20(17)26/h4-9,12-13H,3,10-11H2,1-2H3. The van der Waals surface area contributed by atoms with Crippen LogP contribution in [0.15, 0.2) is 48.5 Å². The molecule has 0 amide bonds. The minimum absolute atomic E-state index is 0.130. The van der Waals surface area contributed by atoms with Gasteiger partial charge in [0.15, 0.2) is 0 Å². The third kappa shape index (κ3) is 5.69. The summed E-state index contributed by atoms with van der Waals surface area (Å²) in [5, 5.41) is 1.51. The van der Waals surface area contributed by atoms with Gasteiger partial charge < -0.3 is 14.2 Å². The Balaban J connectivity index is 2.21. The van der Waals surface area contributed by atoms with Crippen LogP contribution < -0.4 is 4.74 Å². The van der Waals surface area contributed by atoms with Crippen LogP contribution in [0.1, 0.15) is 17.3 Å². The van der Waals surface area contributed by atoms with Crippen molar-refractivity contribution in [2.75, 3.05) is 26.9 Å². The van der Waals surface area contributed by atoms with Gasteiger partial charge in [0.2, 0.25) is 5.88 Å². The van der Waals surface area contributed by atoms with Crippen LogP contribution in [-0.4, -0.2) is 37.9 Å². The molecule has 3 rings (SSSR count). The molecule has 2 aromatic carbocycles. The number of benzene rings is 2. The van der Waals surface area contributed by atoms with Crippen molar-refractivity contribution in [2.45, 2.75) is 6.92 Å². The van der Waals surface area contributed by atoms with E-state index in [9.17, 15) is 4.79 Å². The molecule has 1 heterocycles. The smallest absolute Gasteiger partial charge is 0.343 e. The molecule has 8 heteroatoms. The summed E-state index contributed by atoms with van der Waals surface area (Å²) >= 11 is 18.6. The number of pyridine rings is 1. The molecule has 0 N–H and O–H groups in total. The van der Waals surface area contributed by atoms with Gasteiger partial charge in [-0.15, -0.1) is 0 Å². The van der Waals surface area contributed by atoms with E-state index in [1.54, 1.807) is 36.4 Å². The van der Waals surface area contributed by atoms with E-state index in [-0.39, 0.29) is 18.1 Å². The Hall–Kier alpha value is -2.31. The molecule has 0 spiro atoms. The molecule has 0 atom stereocenters. The molecule has 0 saturated carbocycles. The largest absolute Gasteiger partial charge is 0.475 e. The van der Waals surface area contributed by atoms with E-state index in [0.29, 0.717) is 45.1 Å². The molecule has 3 aromatic rings. The van der Waals surface area contributed by atoms with Crippen LogP contribution >= 0.6 is 34.8 Å². The minimum Gasteiger partial charge on any atom is -0.475 e. The van der Waals surface area contributed by atoms with Gasteiger partial charge in [-0.3, -0.25) is 0 Å². The van der Waals surface area contributed by atoms with Crippen molar-refractivity contribution >= 4 is 40.8 Å². The number of carbonyl (C=O) groups excluding carboxylic acids is 1. The van der Waals surface area contributed by atoms with Crippen LogP contribution in [0.3, 0.4) is 0 Å². The lowest BCUT2D eigenvalue weighted by Crippen LogP contribution is -2.12. The quantitative estimate of drug-likeness (QED) is 0.269. The molecule has 0 fully saturated rings. The fraction of sp³-hybridized carbons (Fsp3) is 0.217. The van der Waals surface area contributed by atoms with Crippen LogP contribution in [0.25, 0.3) is 22.4 Å². The molecule has 31 heavy (non-hydrogen) atoms. The fourth-order valence-electron chi connectivity index (χ4n) is 2.94. The molecule has 0 aliphatic heterocycles. The van der Waals surface area contributed by atoms with Gasteiger partial charge in [-0.1, -0.05) is 46.9 Å². The lowest BCUT2D eigenvalue weighted by molar-refractivity contribution is 0.0590. The molecule has 5 nitrogen and oxygen atoms in total. The average Bonchev–Trinajstić information content (AvgIpc) is 2.76. The zero-order valence-corrected chi connectivity index (χ0v) is 19.2. The van der Waals surface area contributed by atoms with Gasteiger partial charge in [0, 0.05) is 27.8 Å². The minimum atomic E-state index is -0.567. The zero-order chi connectivity index (χ0) is 22.4. The predicted octanol–water partition coefficient (Wildman–Crippen LogP) is 6.58. The highest BCUT2D eigenvalue weighted by atomic mass is 35.5. The maximum atomic E-state index is 12.5. The predicted molar refractivity (Wildman–Crippen MR) is 123 cm³/mol. The van der Waals surface area contributed by atoms with Crippen molar-refractivity contribution < 1.29 is 19.0 Å². The van der Waals surface area contributed by atoms with E-state index >= 15 is 0 Å². The highest BCUT2D eigenvalue weighted by Crippen LogP contribution is 2.39. The van der Waals surface area contributed by atoms with E-state index in [4.69, 9.17) is 49.0 Å². The van der Waals surface area contributed by atoms with Crippen molar-refractivity contribution in [3.05, 3.63) is 69.2 Å². The van der Waals surface area contributed by atoms with Crippen LogP contribution in [0.4, 0.5) is 0 Å². The summed E-state index contributed by atoms with van der Waals surface area (Å²) in [6, 6.07) is 14.0. The van der Waals surface area contributed by atoms with Crippen molar-refractivity contribution in [3.63, 3.8) is 0 Å². The second kappa shape index (κ2) is 10.8. The Bertz CT molecular complexity index is 1070. The molecule has 0 bridgehead atoms. The molecule has 162 valence electrons. The number of carbonyl (C=O) groups is 1. The van der Waals surface area contributed by atoms with Crippen molar-refractivity contribution in [2.24, 2.45) is 0 Å². The van der Waals surface area contributed by atoms with Gasteiger partial charge in [0.05, 0.1) is 24.4 Å². The molecule has 0 unspecified atom stereocenters. The SMILES string of the molecule is CCOCCOc1nc(-c2ccc(Cl)cc2Cl)c(-c2ccc(Cl)cc2)cc1C(=O)OC. The van der Waals surface area contributed by atoms with Gasteiger partial charge in [0.1, 0.15) is 12.2 Å². The van der Waals surface area contributed by atoms with Crippen LogP contribution in [0.2, 0.25) is 15.1 Å². The first kappa shape index (κ1) is 23.4. The first-order chi connectivity index (χ1) is 14.9. The number of esters is 1. The number of methoxy groups -OCH3 is 1. The second-order valence-electron chi connectivity index (χ2n) is 6.41. The topological polar surface area (TPSA) is 57.7 Å². The third-order valence-electron chi connectivity index (χ3n) is 4.40. The Morgan fingerprint density at radius 2 is 1.65 bits per heavy atom. The van der Waals surface area contributed by atoms with E-state index in [0.717, 1.165) is 5.56 Å². The van der Waals surface area contributed by atoms with E-state index in [1.807, 2.05) is 19.1 Å². The van der Waals surface area contributed by atoms with Gasteiger partial charge in [-0.25, -0.2) is 9.78 Å². The number of rotatable bonds is 8. The Kier molecular flexibility index (Phi) is 8.15. The molecule has 1 aromatic heterocycles. The van der Waals surface area contributed by atoms with E-state index in [1.165, 1.54) is 7.11 Å². The third-order valence-corrected chi connectivity index (χ3v) is 5.20. The highest BCUT2D eigenvalue weighted by molar-refractivity contribution is 6.36. The van der Waals surface area contributed by atoms with Crippen LogP contribution in [0, 0.1) is 0 Å². The van der Waals surface area contributed by atoms with E-state index < -0.39 is 5.97 Å². The Morgan fingerprint density at radius 1 is 0.935 bits per heavy atom. The average molecular weight is 481 g/mol. The summed E-state index contributed by atoms with van der Waals surface area (Å²) in [5.41, 5.74) is 2.82. The number of aromatic nitrogens is 1. The summed E-state index contributed by atoms with van der Waals surface area (Å²) in [4.78, 5) is 17.1. The molecular formula is C23H20Cl3NO4. The Morgan fingerprint density at radius 3 is 2.29 bits per heavy atom. The van der Waals surface area contributed by atoms with Gasteiger partial charge >= 0.3 is 5.97 Å². The zero-order valence-electron chi connectivity index (χ0n) is 17.0. The number of ether oxygens (including phenoxy) is 3. The van der Waals surface area contributed by atoms with Gasteiger partial charge in [-0.05, 0) is 48.9 Å². The summed E-state index contributed by atoms with van der Waals surface area (Å²) in [6.45, 7) is 3.02. The first-order valence-electron chi connectivity index (χ1n) is 9.49. The lowest BCUT2D eigenvalue weighted by Gasteiger charge is -2.16. The van der Waals surface area contributed by atoms with Gasteiger partial charge in [-0.2, -0.15) is 0 Å². The second-order valence-corrected chi connectivity index (χ2v) is 7.69. The highest BCUT2D eigenvalue weighted by Gasteiger charge is 2.22. The Labute approximate surface area is 195 Å². The van der Waals surface area contributed by atoms with E-state index in [2.05, 4.69) is 4.98 Å². The maximum absolute atomic E-state index is 12.5. The summed E-state index contributed by atoms with van der Waals surface area (Å²) < 4.78 is 16.0. The summed E-state index contributed by atoms with van der Waals surface area (Å²) in [7, 11) is 1.30. The summed E-state index contributed by atoms with van der Waals surface area (Å²) in [5.74, 6) is -0.437. The van der Waals surface area contributed by atoms with Crippen molar-refractivity contribution in [3.8, 4) is 28.3 Å². The first-order valence-corrected chi connectivity index (χ1v) is 10.6. The van der Waals surface area contributed by atoms with Crippen LogP contribution in [0.5, 0.6) is 5.88 Å². The fourth-order valence-corrected chi connectivity index (χ4v) is 3.56. The van der Waals surface area contributed by atoms with Crippen LogP contribution in [-0.2, 0) is 9.47 Å². The molecular weight excluding hydrogens is 461 g/mol. The monoisotopic (exact) mass is 479 g/mol. The normalized spacial score (nSPS) is 10.7. The number of hydrogen-bond acceptors (Lipinski definition) is 5. The number of hydrogen-bond donors (Lipinski definition) is 0. The molecule has 0 aliphatic carbocycles. The molecule has 0 saturated heterocycles. The van der Waals surface area contributed by atoms with Gasteiger partial charge in [0.25, 0.3) is 0 Å². The summed E-state index contributed by atoms with van der Waals surface area (Å²) in [6.07, 6.45) is 0. The maximum Gasteiger partial charge on any atom is 0.343 e. The van der Waals surface area contributed by atoms with Crippen molar-refractivity contribution in [1.29, 1.82) is 0 Å². The lowest BCUT2D eigenvalue weighted by atomic mass is 9.97. The number of nitrogens with zero attached hydrogens (tertiary/aromatic N) is 1. The van der Waals surface area contributed by atoms with Crippen molar-refractivity contribution in [1.82, 2.24) is 4.98 Å². The number of halogens is 3.